The molecule has 1 aromatic rings. The van der Waals surface area contributed by atoms with Crippen LogP contribution in [0.4, 0.5) is 0 Å². The van der Waals surface area contributed by atoms with Crippen LogP contribution in [0, 0.1) is 6.57 Å². The molecule has 0 fully saturated rings. The molecule has 1 rings (SSSR count). The van der Waals surface area contributed by atoms with Crippen molar-refractivity contribution in [1.82, 2.24) is 0 Å². The zero-order valence-electron chi connectivity index (χ0n) is 8.16. The minimum absolute atomic E-state index is 0.438. The maximum absolute atomic E-state index is 7.04. The summed E-state index contributed by atoms with van der Waals surface area (Å²) in [7, 11) is 1.63. The topological polar surface area (TPSA) is 13.6 Å². The molecule has 0 heterocycles. The fourth-order valence-corrected chi connectivity index (χ4v) is 1.06. The minimum Gasteiger partial charge on any atom is -0.497 e. The maximum atomic E-state index is 7.04. The lowest BCUT2D eigenvalue weighted by atomic mass is 9.95. The van der Waals surface area contributed by atoms with Gasteiger partial charge in [0.15, 0.2) is 0 Å². The highest BCUT2D eigenvalue weighted by molar-refractivity contribution is 5.32. The van der Waals surface area contributed by atoms with Crippen LogP contribution in [0.15, 0.2) is 24.3 Å². The number of methoxy groups -OCH3 is 1. The first-order valence-corrected chi connectivity index (χ1v) is 4.13. The van der Waals surface area contributed by atoms with E-state index in [1.165, 1.54) is 0 Å². The summed E-state index contributed by atoms with van der Waals surface area (Å²) in [4.78, 5) is 3.56. The first kappa shape index (κ1) is 9.60. The Kier molecular flexibility index (Phi) is 2.57. The zero-order chi connectivity index (χ0) is 9.90. The molecule has 1 aromatic carbocycles. The van der Waals surface area contributed by atoms with Gasteiger partial charge in [0.2, 0.25) is 0 Å². The van der Waals surface area contributed by atoms with Gasteiger partial charge in [-0.05, 0) is 24.3 Å². The summed E-state index contributed by atoms with van der Waals surface area (Å²) in [5.74, 6) is 0.824. The molecule has 0 N–H and O–H groups in total. The molecular weight excluding hydrogens is 162 g/mol. The second-order valence-corrected chi connectivity index (χ2v) is 3.40. The molecule has 0 atom stereocenters. The largest absolute Gasteiger partial charge is 0.497 e. The maximum Gasteiger partial charge on any atom is 0.252 e. The van der Waals surface area contributed by atoms with Crippen molar-refractivity contribution in [3.8, 4) is 5.75 Å². The number of benzene rings is 1. The van der Waals surface area contributed by atoms with Crippen molar-refractivity contribution in [2.45, 2.75) is 19.4 Å². The Morgan fingerprint density at radius 2 is 1.77 bits per heavy atom. The number of rotatable bonds is 2. The van der Waals surface area contributed by atoms with Gasteiger partial charge in [0.25, 0.3) is 5.54 Å². The Hall–Kier alpha value is -1.49. The highest BCUT2D eigenvalue weighted by atomic mass is 16.5. The van der Waals surface area contributed by atoms with Crippen LogP contribution in [-0.4, -0.2) is 7.11 Å². The lowest BCUT2D eigenvalue weighted by molar-refractivity contribution is 0.414. The molecule has 0 amide bonds. The average molecular weight is 175 g/mol. The van der Waals surface area contributed by atoms with E-state index in [-0.39, 0.29) is 0 Å². The van der Waals surface area contributed by atoms with Gasteiger partial charge in [-0.2, -0.15) is 0 Å². The monoisotopic (exact) mass is 175 g/mol. The highest BCUT2D eigenvalue weighted by Crippen LogP contribution is 2.26. The van der Waals surface area contributed by atoms with Crippen molar-refractivity contribution in [2.24, 2.45) is 0 Å². The van der Waals surface area contributed by atoms with Gasteiger partial charge in [0.05, 0.1) is 7.11 Å². The molecule has 0 aliphatic heterocycles. The Morgan fingerprint density at radius 1 is 1.23 bits per heavy atom. The third-order valence-corrected chi connectivity index (χ3v) is 2.08. The lowest BCUT2D eigenvalue weighted by Gasteiger charge is -2.11. The summed E-state index contributed by atoms with van der Waals surface area (Å²) >= 11 is 0. The average Bonchev–Trinajstić information content (AvgIpc) is 2.18. The first-order valence-electron chi connectivity index (χ1n) is 4.13. The summed E-state index contributed by atoms with van der Waals surface area (Å²) in [6.07, 6.45) is 0. The molecule has 0 spiro atoms. The molecule has 2 heteroatoms. The molecule has 0 aliphatic rings. The van der Waals surface area contributed by atoms with Crippen molar-refractivity contribution in [3.63, 3.8) is 0 Å². The summed E-state index contributed by atoms with van der Waals surface area (Å²) in [6.45, 7) is 10.8. The van der Waals surface area contributed by atoms with Gasteiger partial charge in [0, 0.05) is 19.4 Å². The fourth-order valence-electron chi connectivity index (χ4n) is 1.06. The molecule has 68 valence electrons. The summed E-state index contributed by atoms with van der Waals surface area (Å²) in [5, 5.41) is 0. The Labute approximate surface area is 79.0 Å². The zero-order valence-corrected chi connectivity index (χ0v) is 8.16. The van der Waals surface area contributed by atoms with Gasteiger partial charge in [-0.25, -0.2) is 6.57 Å². The van der Waals surface area contributed by atoms with Crippen molar-refractivity contribution >= 4 is 0 Å². The van der Waals surface area contributed by atoms with Crippen LogP contribution in [0.5, 0.6) is 5.75 Å². The van der Waals surface area contributed by atoms with Crippen LogP contribution in [-0.2, 0) is 5.54 Å². The molecular formula is C11H13NO. The standard InChI is InChI=1S/C11H13NO/c1-11(2,12-3)9-5-7-10(13-4)8-6-9/h5-8H,1-2,4H3. The Balaban J connectivity index is 3.00. The van der Waals surface area contributed by atoms with Crippen LogP contribution >= 0.6 is 0 Å². The van der Waals surface area contributed by atoms with Crippen LogP contribution in [0.2, 0.25) is 0 Å². The van der Waals surface area contributed by atoms with Gasteiger partial charge in [-0.3, -0.25) is 0 Å². The number of hydrogen-bond donors (Lipinski definition) is 0. The van der Waals surface area contributed by atoms with E-state index < -0.39 is 5.54 Å². The smallest absolute Gasteiger partial charge is 0.252 e. The van der Waals surface area contributed by atoms with Crippen molar-refractivity contribution < 1.29 is 4.74 Å². The van der Waals surface area contributed by atoms with E-state index in [0.717, 1.165) is 11.3 Å². The lowest BCUT2D eigenvalue weighted by Crippen LogP contribution is -2.10. The molecule has 0 saturated heterocycles. The molecule has 0 radical (unpaired) electrons. The van der Waals surface area contributed by atoms with Crippen LogP contribution in [0.1, 0.15) is 19.4 Å². The van der Waals surface area contributed by atoms with Crippen LogP contribution in [0.25, 0.3) is 4.85 Å². The molecule has 0 aliphatic carbocycles. The number of ether oxygens (including phenoxy) is 1. The van der Waals surface area contributed by atoms with Gasteiger partial charge in [-0.1, -0.05) is 0 Å². The summed E-state index contributed by atoms with van der Waals surface area (Å²) in [5.41, 5.74) is 0.579. The fraction of sp³-hybridized carbons (Fsp3) is 0.364. The normalized spacial score (nSPS) is 10.6. The van der Waals surface area contributed by atoms with E-state index in [0.29, 0.717) is 0 Å². The Bertz CT molecular complexity index is 319. The van der Waals surface area contributed by atoms with Gasteiger partial charge < -0.3 is 9.58 Å². The first-order chi connectivity index (χ1) is 6.10. The SMILES string of the molecule is [C-]#[N+]C(C)(C)c1ccc(OC)cc1. The molecule has 0 aromatic heterocycles. The highest BCUT2D eigenvalue weighted by Gasteiger charge is 2.25. The van der Waals surface area contributed by atoms with Gasteiger partial charge in [0.1, 0.15) is 5.75 Å². The van der Waals surface area contributed by atoms with Gasteiger partial charge in [-0.15, -0.1) is 0 Å². The minimum atomic E-state index is -0.438. The van der Waals surface area contributed by atoms with Crippen molar-refractivity contribution in [1.29, 1.82) is 0 Å². The molecule has 2 nitrogen and oxygen atoms in total. The Morgan fingerprint density at radius 3 is 2.15 bits per heavy atom. The van der Waals surface area contributed by atoms with E-state index >= 15 is 0 Å². The number of hydrogen-bond acceptors (Lipinski definition) is 1. The van der Waals surface area contributed by atoms with Crippen molar-refractivity contribution in [3.05, 3.63) is 41.2 Å². The number of nitrogens with zero attached hydrogens (tertiary/aromatic N) is 1. The third kappa shape index (κ3) is 2.00. The van der Waals surface area contributed by atoms with E-state index in [1.807, 2.05) is 38.1 Å². The molecule has 0 unspecified atom stereocenters. The second-order valence-electron chi connectivity index (χ2n) is 3.40. The summed E-state index contributed by atoms with van der Waals surface area (Å²) in [6, 6.07) is 7.61. The quantitative estimate of drug-likeness (QED) is 0.630. The second kappa shape index (κ2) is 3.49. The predicted octanol–water partition coefficient (Wildman–Crippen LogP) is 2.85. The van der Waals surface area contributed by atoms with E-state index in [9.17, 15) is 0 Å². The predicted molar refractivity (Wildman–Crippen MR) is 52.6 cm³/mol. The molecule has 13 heavy (non-hydrogen) atoms. The van der Waals surface area contributed by atoms with Crippen LogP contribution < -0.4 is 4.74 Å². The van der Waals surface area contributed by atoms with E-state index in [4.69, 9.17) is 11.3 Å². The van der Waals surface area contributed by atoms with Crippen LogP contribution in [0.3, 0.4) is 0 Å². The molecule has 0 bridgehead atoms. The van der Waals surface area contributed by atoms with Gasteiger partial charge >= 0.3 is 0 Å². The third-order valence-electron chi connectivity index (χ3n) is 2.08. The van der Waals surface area contributed by atoms with Crippen molar-refractivity contribution in [2.75, 3.05) is 7.11 Å². The summed E-state index contributed by atoms with van der Waals surface area (Å²) < 4.78 is 5.04. The van der Waals surface area contributed by atoms with E-state index in [1.54, 1.807) is 7.11 Å². The van der Waals surface area contributed by atoms with E-state index in [2.05, 4.69) is 4.85 Å². The molecule has 0 saturated carbocycles.